The lowest BCUT2D eigenvalue weighted by Gasteiger charge is -2.34. The van der Waals surface area contributed by atoms with E-state index >= 15 is 8.78 Å². The average Bonchev–Trinajstić information content (AvgIpc) is 3.59. The maximum Gasteiger partial charge on any atom is 0.306 e. The van der Waals surface area contributed by atoms with Crippen molar-refractivity contribution in [2.75, 3.05) is 20.3 Å². The molecule has 5 rings (SSSR count). The lowest BCUT2D eigenvalue weighted by atomic mass is 9.77. The molecule has 2 bridgehead atoms. The van der Waals surface area contributed by atoms with Gasteiger partial charge in [0.05, 0.1) is 49.2 Å². The van der Waals surface area contributed by atoms with Gasteiger partial charge < -0.3 is 28.6 Å². The van der Waals surface area contributed by atoms with Crippen LogP contribution in [0.15, 0.2) is 18.2 Å². The van der Waals surface area contributed by atoms with Crippen molar-refractivity contribution in [3.63, 3.8) is 0 Å². The molecule has 3 heterocycles. The Morgan fingerprint density at radius 2 is 1.88 bits per heavy atom. The van der Waals surface area contributed by atoms with Crippen LogP contribution in [0.4, 0.5) is 8.78 Å². The van der Waals surface area contributed by atoms with Gasteiger partial charge in [-0.1, -0.05) is 27.7 Å². The molecule has 0 radical (unpaired) electrons. The average molecular weight is 604 g/mol. The van der Waals surface area contributed by atoms with Gasteiger partial charge in [0.1, 0.15) is 24.2 Å². The summed E-state index contributed by atoms with van der Waals surface area (Å²) in [6.45, 7) is 7.40. The van der Waals surface area contributed by atoms with E-state index in [2.05, 4.69) is 9.97 Å². The zero-order chi connectivity index (χ0) is 31.1. The summed E-state index contributed by atoms with van der Waals surface area (Å²) in [7, 11) is 1.49. The highest BCUT2D eigenvalue weighted by Crippen LogP contribution is 2.42. The first-order valence-electron chi connectivity index (χ1n) is 14.8. The number of fused-ring (bicyclic) bond motifs is 5. The first-order chi connectivity index (χ1) is 20.4. The summed E-state index contributed by atoms with van der Waals surface area (Å²) in [6.07, 6.45) is -0.805. The molecule has 6 atom stereocenters. The fraction of sp³-hybridized carbons (Fsp3) is 0.645. The molecule has 0 N–H and O–H groups in total. The highest BCUT2D eigenvalue weighted by atomic mass is 19.3. The summed E-state index contributed by atoms with van der Waals surface area (Å²) in [4.78, 5) is 49.5. The molecule has 43 heavy (non-hydrogen) atoms. The second-order valence-corrected chi connectivity index (χ2v) is 12.7. The third kappa shape index (κ3) is 6.44. The number of amides is 1. The van der Waals surface area contributed by atoms with E-state index in [9.17, 15) is 14.4 Å². The van der Waals surface area contributed by atoms with Crippen molar-refractivity contribution in [2.45, 2.75) is 90.1 Å². The van der Waals surface area contributed by atoms with E-state index in [1.807, 2.05) is 27.7 Å². The Hall–Kier alpha value is -3.41. The van der Waals surface area contributed by atoms with Crippen LogP contribution in [-0.2, 0) is 29.8 Å². The lowest BCUT2D eigenvalue weighted by Crippen LogP contribution is -2.46. The number of alkyl halides is 2. The van der Waals surface area contributed by atoms with Crippen LogP contribution >= 0.6 is 0 Å². The second kappa shape index (κ2) is 11.9. The fourth-order valence-corrected chi connectivity index (χ4v) is 6.00. The van der Waals surface area contributed by atoms with Crippen LogP contribution in [0.25, 0.3) is 11.0 Å². The van der Waals surface area contributed by atoms with Gasteiger partial charge in [-0.15, -0.1) is 0 Å². The molecule has 2 aromatic rings. The first kappa shape index (κ1) is 31.0. The van der Waals surface area contributed by atoms with Crippen LogP contribution in [0.3, 0.4) is 0 Å². The van der Waals surface area contributed by atoms with E-state index in [0.717, 1.165) is 0 Å². The van der Waals surface area contributed by atoms with E-state index in [0.29, 0.717) is 30.4 Å². The molecule has 10 nitrogen and oxygen atoms in total. The smallest absolute Gasteiger partial charge is 0.306 e. The zero-order valence-corrected chi connectivity index (χ0v) is 25.2. The molecule has 3 aliphatic rings. The van der Waals surface area contributed by atoms with Crippen molar-refractivity contribution in [3.8, 4) is 11.6 Å². The summed E-state index contributed by atoms with van der Waals surface area (Å²) in [5, 5.41) is 0. The van der Waals surface area contributed by atoms with Gasteiger partial charge in [-0.2, -0.15) is 8.78 Å². The van der Waals surface area contributed by atoms with Gasteiger partial charge in [-0.3, -0.25) is 9.59 Å². The molecule has 1 aromatic heterocycles. The van der Waals surface area contributed by atoms with Crippen LogP contribution in [-0.4, -0.2) is 77.6 Å². The summed E-state index contributed by atoms with van der Waals surface area (Å²) < 4.78 is 54.4. The SMILES string of the molecule is CC[C@@H]1[C@@H]2CN(C(=O)[C@H](C(C)(C)C)CC(=O)O[C@@H]3C[C@H]3OCCCC(F)(F)c3nc4ccc(OC)cc4nc3O2)[C@@H]1C=O. The predicted octanol–water partition coefficient (Wildman–Crippen LogP) is 4.46. The third-order valence-electron chi connectivity index (χ3n) is 8.64. The Morgan fingerprint density at radius 3 is 2.56 bits per heavy atom. The van der Waals surface area contributed by atoms with E-state index in [1.54, 1.807) is 18.2 Å². The van der Waals surface area contributed by atoms with Crippen molar-refractivity contribution in [1.82, 2.24) is 14.9 Å². The number of carbonyl (C=O) groups excluding carboxylic acids is 3. The van der Waals surface area contributed by atoms with Crippen LogP contribution < -0.4 is 9.47 Å². The van der Waals surface area contributed by atoms with Gasteiger partial charge >= 0.3 is 5.97 Å². The summed E-state index contributed by atoms with van der Waals surface area (Å²) >= 11 is 0. The van der Waals surface area contributed by atoms with Crippen LogP contribution in [0.5, 0.6) is 11.6 Å². The van der Waals surface area contributed by atoms with E-state index in [4.69, 9.17) is 18.9 Å². The monoisotopic (exact) mass is 603 g/mol. The number of carbonyl (C=O) groups is 3. The number of esters is 1. The minimum Gasteiger partial charge on any atom is -0.497 e. The Morgan fingerprint density at radius 1 is 1.12 bits per heavy atom. The molecular formula is C31H39F2N3O7. The highest BCUT2D eigenvalue weighted by molar-refractivity contribution is 5.87. The number of ether oxygens (including phenoxy) is 4. The van der Waals surface area contributed by atoms with Crippen LogP contribution in [0.1, 0.15) is 65.5 Å². The standard InChI is InChI=1S/C31H39F2N3O7/c1-6-18-22(16-37)36-15-25(18)43-28-27(34-20-9-8-17(40-5)12-21(20)35-28)31(32,33)10-7-11-41-23-14-24(23)42-26(38)13-19(29(36)39)30(2,3)4/h8-9,12,16,18-19,22-25H,6-7,10-11,13-15H2,1-5H3/t18-,19+,22+,23+,24+,25-/m0/s1. The fourth-order valence-electron chi connectivity index (χ4n) is 6.00. The lowest BCUT2D eigenvalue weighted by molar-refractivity contribution is -0.154. The quantitative estimate of drug-likeness (QED) is 0.370. The van der Waals surface area contributed by atoms with Gasteiger partial charge in [0, 0.05) is 31.4 Å². The summed E-state index contributed by atoms with van der Waals surface area (Å²) in [6, 6.07) is 3.88. The van der Waals surface area contributed by atoms with Crippen molar-refractivity contribution < 1.29 is 42.1 Å². The number of nitrogens with zero attached hydrogens (tertiary/aromatic N) is 3. The number of methoxy groups -OCH3 is 1. The van der Waals surface area contributed by atoms with Crippen molar-refractivity contribution in [3.05, 3.63) is 23.9 Å². The molecule has 1 saturated heterocycles. The maximum atomic E-state index is 15.8. The Labute approximate surface area is 249 Å². The number of aldehydes is 1. The highest BCUT2D eigenvalue weighted by Gasteiger charge is 2.50. The molecule has 12 heteroatoms. The Balaban J connectivity index is 1.57. The van der Waals surface area contributed by atoms with Crippen molar-refractivity contribution in [1.29, 1.82) is 0 Å². The molecule has 234 valence electrons. The van der Waals surface area contributed by atoms with Gasteiger partial charge in [-0.05, 0) is 30.4 Å². The Kier molecular flexibility index (Phi) is 8.61. The minimum absolute atomic E-state index is 0.0224. The summed E-state index contributed by atoms with van der Waals surface area (Å²) in [5.74, 6) is -5.52. The topological polar surface area (TPSA) is 117 Å². The summed E-state index contributed by atoms with van der Waals surface area (Å²) in [5.41, 5.74) is -0.698. The van der Waals surface area contributed by atoms with Crippen molar-refractivity contribution >= 4 is 29.2 Å². The molecule has 1 amide bonds. The molecular weight excluding hydrogens is 564 g/mol. The number of aromatic nitrogens is 2. The van der Waals surface area contributed by atoms with Gasteiger partial charge in [-0.25, -0.2) is 9.97 Å². The predicted molar refractivity (Wildman–Crippen MR) is 151 cm³/mol. The van der Waals surface area contributed by atoms with Crippen LogP contribution in [0.2, 0.25) is 0 Å². The molecule has 0 spiro atoms. The number of hydrogen-bond donors (Lipinski definition) is 0. The van der Waals surface area contributed by atoms with Gasteiger partial charge in [0.25, 0.3) is 5.92 Å². The Bertz CT molecular complexity index is 1380. The number of halogens is 2. The van der Waals surface area contributed by atoms with E-state index < -0.39 is 65.4 Å². The second-order valence-electron chi connectivity index (χ2n) is 12.7. The molecule has 2 fully saturated rings. The molecule has 2 aliphatic heterocycles. The van der Waals surface area contributed by atoms with Crippen molar-refractivity contribution in [2.24, 2.45) is 17.3 Å². The molecule has 1 saturated carbocycles. The first-order valence-corrected chi connectivity index (χ1v) is 14.8. The molecule has 0 unspecified atom stereocenters. The number of rotatable bonds is 3. The van der Waals surface area contributed by atoms with Crippen LogP contribution in [0, 0.1) is 17.3 Å². The zero-order valence-electron chi connectivity index (χ0n) is 25.2. The third-order valence-corrected chi connectivity index (χ3v) is 8.64. The van der Waals surface area contributed by atoms with Gasteiger partial charge in [0.15, 0.2) is 5.69 Å². The number of hydrogen-bond acceptors (Lipinski definition) is 9. The minimum atomic E-state index is -3.42. The van der Waals surface area contributed by atoms with E-state index in [1.165, 1.54) is 12.0 Å². The maximum absolute atomic E-state index is 15.8. The van der Waals surface area contributed by atoms with E-state index in [-0.39, 0.29) is 43.5 Å². The largest absolute Gasteiger partial charge is 0.497 e. The molecule has 1 aromatic carbocycles. The number of benzene rings is 1. The molecule has 1 aliphatic carbocycles. The normalized spacial score (nSPS) is 29.9. The van der Waals surface area contributed by atoms with Gasteiger partial charge in [0.2, 0.25) is 11.8 Å².